The summed E-state index contributed by atoms with van der Waals surface area (Å²) >= 11 is 0. The van der Waals surface area contributed by atoms with E-state index in [-0.39, 0.29) is 17.5 Å². The van der Waals surface area contributed by atoms with E-state index in [9.17, 15) is 8.42 Å². The molecule has 2 aromatic rings. The van der Waals surface area contributed by atoms with Gasteiger partial charge in [0, 0.05) is 12.6 Å². The highest BCUT2D eigenvalue weighted by molar-refractivity contribution is 7.89. The van der Waals surface area contributed by atoms with Crippen molar-refractivity contribution in [3.05, 3.63) is 18.0 Å². The topological polar surface area (TPSA) is 111 Å². The summed E-state index contributed by atoms with van der Waals surface area (Å²) < 4.78 is 31.7. The number of nitrogens with one attached hydrogen (secondary N) is 1. The van der Waals surface area contributed by atoms with Crippen LogP contribution in [0.2, 0.25) is 0 Å². The number of aromatic nitrogens is 2. The molecule has 0 spiro atoms. The first-order chi connectivity index (χ1) is 8.97. The van der Waals surface area contributed by atoms with E-state index >= 15 is 0 Å². The molecule has 7 nitrogen and oxygen atoms in total. The number of rotatable bonds is 5. The number of nitrogens with zero attached hydrogens (tertiary/aromatic N) is 2. The second-order valence-corrected chi connectivity index (χ2v) is 5.98. The Morgan fingerprint density at radius 2 is 2.26 bits per heavy atom. The van der Waals surface area contributed by atoms with Gasteiger partial charge in [0.05, 0.1) is 17.3 Å². The van der Waals surface area contributed by atoms with Crippen LogP contribution < -0.4 is 10.5 Å². The predicted molar refractivity (Wildman–Crippen MR) is 70.0 cm³/mol. The van der Waals surface area contributed by atoms with E-state index < -0.39 is 10.0 Å². The molecule has 0 unspecified atom stereocenters. The van der Waals surface area contributed by atoms with E-state index in [0.29, 0.717) is 23.2 Å². The fraction of sp³-hybridized carbons (Fsp3) is 0.455. The van der Waals surface area contributed by atoms with Gasteiger partial charge < -0.3 is 10.3 Å². The van der Waals surface area contributed by atoms with E-state index in [1.54, 1.807) is 6.92 Å². The third-order valence-electron chi connectivity index (χ3n) is 2.73. The molecule has 0 aliphatic carbocycles. The van der Waals surface area contributed by atoms with Crippen LogP contribution in [0.15, 0.2) is 21.7 Å². The fourth-order valence-corrected chi connectivity index (χ4v) is 2.87. The zero-order valence-electron chi connectivity index (χ0n) is 10.8. The number of hydrogen-bond donors (Lipinski definition) is 2. The lowest BCUT2D eigenvalue weighted by atomic mass is 10.2. The molecule has 0 saturated carbocycles. The van der Waals surface area contributed by atoms with Gasteiger partial charge in [-0.1, -0.05) is 12.1 Å². The number of fused-ring (bicyclic) bond motifs is 1. The van der Waals surface area contributed by atoms with Crippen LogP contribution in [0.4, 0.5) is 0 Å². The zero-order valence-corrected chi connectivity index (χ0v) is 11.6. The number of pyridine rings is 1. The summed E-state index contributed by atoms with van der Waals surface area (Å²) in [5.41, 5.74) is 6.43. The van der Waals surface area contributed by atoms with Gasteiger partial charge in [-0.25, -0.2) is 18.1 Å². The van der Waals surface area contributed by atoms with Gasteiger partial charge in [0.2, 0.25) is 10.0 Å². The molecule has 0 aliphatic rings. The Bertz CT molecular complexity index is 680. The summed E-state index contributed by atoms with van der Waals surface area (Å²) in [5, 5.41) is 4.46. The Morgan fingerprint density at radius 3 is 2.89 bits per heavy atom. The number of nitrogens with two attached hydrogens (primary N) is 1. The molecule has 2 aromatic heterocycles. The molecule has 3 N–H and O–H groups in total. The molecule has 0 aromatic carbocycles. The molecule has 0 fully saturated rings. The summed E-state index contributed by atoms with van der Waals surface area (Å²) in [6.07, 6.45) is 1.89. The van der Waals surface area contributed by atoms with Crippen LogP contribution in [-0.4, -0.2) is 31.1 Å². The van der Waals surface area contributed by atoms with Gasteiger partial charge in [-0.15, -0.1) is 0 Å². The maximum atomic E-state index is 12.1. The van der Waals surface area contributed by atoms with Crippen LogP contribution >= 0.6 is 0 Å². The summed E-state index contributed by atoms with van der Waals surface area (Å²) in [7, 11) is -3.63. The maximum Gasteiger partial charge on any atom is 0.258 e. The Balaban J connectivity index is 2.45. The molecule has 2 heterocycles. The van der Waals surface area contributed by atoms with Crippen molar-refractivity contribution in [3.8, 4) is 0 Å². The highest BCUT2D eigenvalue weighted by Crippen LogP contribution is 2.20. The third kappa shape index (κ3) is 2.75. The van der Waals surface area contributed by atoms with E-state index in [2.05, 4.69) is 14.9 Å². The van der Waals surface area contributed by atoms with Gasteiger partial charge in [-0.05, 0) is 19.4 Å². The molecule has 8 heteroatoms. The van der Waals surface area contributed by atoms with Gasteiger partial charge in [0.15, 0.2) is 0 Å². The normalized spacial score (nSPS) is 13.8. The van der Waals surface area contributed by atoms with Crippen molar-refractivity contribution in [2.24, 2.45) is 5.73 Å². The Labute approximate surface area is 111 Å². The largest absolute Gasteiger partial charge is 0.336 e. The average molecular weight is 284 g/mol. The SMILES string of the molecule is CCc1noc2ncc(S(=O)(=O)N[C@@H](C)CN)cc12. The van der Waals surface area contributed by atoms with Crippen molar-refractivity contribution in [1.29, 1.82) is 0 Å². The Morgan fingerprint density at radius 1 is 1.53 bits per heavy atom. The number of sulfonamides is 1. The first-order valence-electron chi connectivity index (χ1n) is 5.94. The fourth-order valence-electron chi connectivity index (χ4n) is 1.64. The van der Waals surface area contributed by atoms with Crippen molar-refractivity contribution in [2.75, 3.05) is 6.54 Å². The molecular formula is C11H16N4O3S. The third-order valence-corrected chi connectivity index (χ3v) is 4.29. The lowest BCUT2D eigenvalue weighted by molar-refractivity contribution is 0.439. The molecule has 0 radical (unpaired) electrons. The Hall–Kier alpha value is -1.51. The minimum Gasteiger partial charge on any atom is -0.336 e. The van der Waals surface area contributed by atoms with Crippen molar-refractivity contribution in [3.63, 3.8) is 0 Å². The lowest BCUT2D eigenvalue weighted by Gasteiger charge is -2.11. The highest BCUT2D eigenvalue weighted by Gasteiger charge is 2.19. The average Bonchev–Trinajstić information content (AvgIpc) is 2.80. The minimum atomic E-state index is -3.63. The van der Waals surface area contributed by atoms with Gasteiger partial charge in [-0.3, -0.25) is 0 Å². The van der Waals surface area contributed by atoms with E-state index in [0.717, 1.165) is 0 Å². The molecule has 0 amide bonds. The minimum absolute atomic E-state index is 0.0817. The van der Waals surface area contributed by atoms with E-state index in [1.165, 1.54) is 12.3 Å². The second kappa shape index (κ2) is 5.24. The summed E-state index contributed by atoms with van der Waals surface area (Å²) in [6, 6.07) is 1.18. The first-order valence-corrected chi connectivity index (χ1v) is 7.43. The van der Waals surface area contributed by atoms with Crippen molar-refractivity contribution in [1.82, 2.24) is 14.9 Å². The molecular weight excluding hydrogens is 268 g/mol. The lowest BCUT2D eigenvalue weighted by Crippen LogP contribution is -2.37. The molecule has 19 heavy (non-hydrogen) atoms. The highest BCUT2D eigenvalue weighted by atomic mass is 32.2. The van der Waals surface area contributed by atoms with Crippen LogP contribution in [0, 0.1) is 0 Å². The van der Waals surface area contributed by atoms with Crippen molar-refractivity contribution < 1.29 is 12.9 Å². The summed E-state index contributed by atoms with van der Waals surface area (Å²) in [5.74, 6) is 0. The smallest absolute Gasteiger partial charge is 0.258 e. The second-order valence-electron chi connectivity index (χ2n) is 4.26. The van der Waals surface area contributed by atoms with E-state index in [4.69, 9.17) is 10.3 Å². The zero-order chi connectivity index (χ0) is 14.0. The maximum absolute atomic E-state index is 12.1. The van der Waals surface area contributed by atoms with Crippen LogP contribution in [0.25, 0.3) is 11.1 Å². The number of hydrogen-bond acceptors (Lipinski definition) is 6. The Kier molecular flexibility index (Phi) is 3.83. The van der Waals surface area contributed by atoms with Crippen molar-refractivity contribution >= 4 is 21.1 Å². The van der Waals surface area contributed by atoms with Crippen LogP contribution in [-0.2, 0) is 16.4 Å². The first kappa shape index (κ1) is 13.9. The quantitative estimate of drug-likeness (QED) is 0.822. The molecule has 1 atom stereocenters. The molecule has 0 saturated heterocycles. The predicted octanol–water partition coefficient (Wildman–Crippen LogP) is 0.411. The molecule has 104 valence electrons. The standard InChI is InChI=1S/C11H16N4O3S/c1-3-10-9-4-8(6-13-11(9)18-14-10)19(16,17)15-7(2)5-12/h4,6-7,15H,3,5,12H2,1-2H3/t7-/m0/s1. The molecule has 0 aliphatic heterocycles. The van der Waals surface area contributed by atoms with Crippen molar-refractivity contribution in [2.45, 2.75) is 31.2 Å². The summed E-state index contributed by atoms with van der Waals surface area (Å²) in [6.45, 7) is 3.83. The van der Waals surface area contributed by atoms with Crippen LogP contribution in [0.1, 0.15) is 19.5 Å². The van der Waals surface area contributed by atoms with Gasteiger partial charge in [0.1, 0.15) is 4.90 Å². The molecule has 2 rings (SSSR count). The van der Waals surface area contributed by atoms with Gasteiger partial charge in [-0.2, -0.15) is 0 Å². The monoisotopic (exact) mass is 284 g/mol. The van der Waals surface area contributed by atoms with Gasteiger partial charge in [0.25, 0.3) is 5.71 Å². The van der Waals surface area contributed by atoms with Gasteiger partial charge >= 0.3 is 0 Å². The van der Waals surface area contributed by atoms with Crippen LogP contribution in [0.3, 0.4) is 0 Å². The van der Waals surface area contributed by atoms with E-state index in [1.807, 2.05) is 6.92 Å². The van der Waals surface area contributed by atoms with Crippen LogP contribution in [0.5, 0.6) is 0 Å². The number of aryl methyl sites for hydroxylation is 1. The molecule has 0 bridgehead atoms. The summed E-state index contributed by atoms with van der Waals surface area (Å²) in [4.78, 5) is 4.05.